The van der Waals surface area contributed by atoms with E-state index in [0.717, 1.165) is 5.56 Å². The highest BCUT2D eigenvalue weighted by atomic mass is 35.5. The molecule has 90 valence electrons. The Kier molecular flexibility index (Phi) is 3.69. The molecule has 0 aliphatic carbocycles. The average molecular weight is 271 g/mol. The lowest BCUT2D eigenvalue weighted by molar-refractivity contribution is -0.126. The van der Waals surface area contributed by atoms with Crippen molar-refractivity contribution in [3.63, 3.8) is 0 Å². The number of nitrogens with zero attached hydrogens (tertiary/aromatic N) is 2. The molecule has 0 bridgehead atoms. The summed E-state index contributed by atoms with van der Waals surface area (Å²) in [7, 11) is 0. The van der Waals surface area contributed by atoms with Crippen molar-refractivity contribution in [1.29, 1.82) is 0 Å². The van der Waals surface area contributed by atoms with Crippen LogP contribution >= 0.6 is 23.2 Å². The van der Waals surface area contributed by atoms with Gasteiger partial charge in [0, 0.05) is 17.1 Å². The lowest BCUT2D eigenvalue weighted by Crippen LogP contribution is -2.38. The van der Waals surface area contributed by atoms with Crippen molar-refractivity contribution in [2.45, 2.75) is 12.3 Å². The molecule has 1 unspecified atom stereocenters. The number of hydrogen-bond acceptors (Lipinski definition) is 2. The van der Waals surface area contributed by atoms with Gasteiger partial charge in [0.2, 0.25) is 5.91 Å². The van der Waals surface area contributed by atoms with Crippen molar-refractivity contribution in [2.75, 3.05) is 13.1 Å². The fourth-order valence-corrected chi connectivity index (χ4v) is 2.06. The van der Waals surface area contributed by atoms with E-state index < -0.39 is 5.38 Å². The van der Waals surface area contributed by atoms with Gasteiger partial charge in [-0.15, -0.1) is 11.6 Å². The van der Waals surface area contributed by atoms with Crippen LogP contribution in [0, 0.1) is 0 Å². The number of amides is 1. The molecule has 17 heavy (non-hydrogen) atoms. The summed E-state index contributed by atoms with van der Waals surface area (Å²) in [5.74, 6) is 0.535. The van der Waals surface area contributed by atoms with Gasteiger partial charge < -0.3 is 0 Å². The third kappa shape index (κ3) is 2.61. The number of halogens is 2. The van der Waals surface area contributed by atoms with Gasteiger partial charge in [-0.3, -0.25) is 14.7 Å². The van der Waals surface area contributed by atoms with Crippen LogP contribution in [-0.2, 0) is 4.79 Å². The van der Waals surface area contributed by atoms with Gasteiger partial charge in [-0.05, 0) is 19.1 Å². The maximum Gasteiger partial charge on any atom is 0.245 e. The molecule has 1 aliphatic heterocycles. The Morgan fingerprint density at radius 2 is 2.29 bits per heavy atom. The maximum absolute atomic E-state index is 11.9. The summed E-state index contributed by atoms with van der Waals surface area (Å²) in [5, 5.41) is 0.0842. The molecule has 0 radical (unpaired) electrons. The zero-order valence-electron chi connectivity index (χ0n) is 9.36. The third-order valence-corrected chi connectivity index (χ3v) is 2.95. The van der Waals surface area contributed by atoms with Crippen LogP contribution in [0.1, 0.15) is 12.5 Å². The van der Waals surface area contributed by atoms with Crippen molar-refractivity contribution in [2.24, 2.45) is 4.99 Å². The van der Waals surface area contributed by atoms with Crippen molar-refractivity contribution in [1.82, 2.24) is 4.90 Å². The van der Waals surface area contributed by atoms with Crippen LogP contribution in [0.25, 0.3) is 0 Å². The third-order valence-electron chi connectivity index (χ3n) is 2.53. The van der Waals surface area contributed by atoms with Gasteiger partial charge in [-0.1, -0.05) is 23.7 Å². The Bertz CT molecular complexity index is 471. The summed E-state index contributed by atoms with van der Waals surface area (Å²) in [6.45, 7) is 2.85. The van der Waals surface area contributed by atoms with Crippen LogP contribution in [0.15, 0.2) is 29.3 Å². The summed E-state index contributed by atoms with van der Waals surface area (Å²) in [6.07, 6.45) is 0. The van der Waals surface area contributed by atoms with Crippen LogP contribution in [0.4, 0.5) is 0 Å². The predicted molar refractivity (Wildman–Crippen MR) is 69.9 cm³/mol. The molecule has 1 atom stereocenters. The highest BCUT2D eigenvalue weighted by molar-refractivity contribution is 6.33. The molecule has 1 aliphatic rings. The van der Waals surface area contributed by atoms with Crippen molar-refractivity contribution >= 4 is 34.9 Å². The van der Waals surface area contributed by atoms with Crippen LogP contribution in [-0.4, -0.2) is 35.1 Å². The number of carbonyl (C=O) groups excluding carboxylic acids is 1. The molecule has 0 saturated heterocycles. The summed E-state index contributed by atoms with van der Waals surface area (Å²) >= 11 is 11.7. The first-order valence-electron chi connectivity index (χ1n) is 5.35. The lowest BCUT2D eigenvalue weighted by Gasteiger charge is -2.19. The number of aliphatic imine (C=N–C) groups is 1. The van der Waals surface area contributed by atoms with Gasteiger partial charge in [0.25, 0.3) is 0 Å². The molecule has 1 heterocycles. The van der Waals surface area contributed by atoms with Crippen molar-refractivity contribution < 1.29 is 4.79 Å². The molecular formula is C12H12Cl2N2O. The van der Waals surface area contributed by atoms with E-state index in [0.29, 0.717) is 23.9 Å². The number of amidine groups is 1. The summed E-state index contributed by atoms with van der Waals surface area (Å²) < 4.78 is 0. The van der Waals surface area contributed by atoms with E-state index in [-0.39, 0.29) is 5.91 Å². The van der Waals surface area contributed by atoms with E-state index >= 15 is 0 Å². The van der Waals surface area contributed by atoms with E-state index in [9.17, 15) is 4.79 Å². The zero-order chi connectivity index (χ0) is 12.4. The van der Waals surface area contributed by atoms with Gasteiger partial charge in [0.05, 0.1) is 6.54 Å². The minimum atomic E-state index is -0.544. The number of benzene rings is 1. The molecule has 2 rings (SSSR count). The average Bonchev–Trinajstić information content (AvgIpc) is 2.76. The fraction of sp³-hybridized carbons (Fsp3) is 0.333. The Hall–Kier alpha value is -1.06. The van der Waals surface area contributed by atoms with E-state index in [1.54, 1.807) is 24.0 Å². The highest BCUT2D eigenvalue weighted by Crippen LogP contribution is 2.17. The largest absolute Gasteiger partial charge is 0.293 e. The molecule has 3 nitrogen and oxygen atoms in total. The second kappa shape index (κ2) is 5.07. The molecule has 1 aromatic rings. The second-order valence-electron chi connectivity index (χ2n) is 3.82. The predicted octanol–water partition coefficient (Wildman–Crippen LogP) is 2.56. The highest BCUT2D eigenvalue weighted by Gasteiger charge is 2.27. The molecule has 0 saturated carbocycles. The van der Waals surface area contributed by atoms with Gasteiger partial charge in [-0.2, -0.15) is 0 Å². The smallest absolute Gasteiger partial charge is 0.245 e. The first kappa shape index (κ1) is 12.4. The normalized spacial score (nSPS) is 16.9. The monoisotopic (exact) mass is 270 g/mol. The van der Waals surface area contributed by atoms with Crippen molar-refractivity contribution in [3.8, 4) is 0 Å². The van der Waals surface area contributed by atoms with E-state index in [1.165, 1.54) is 0 Å². The number of hydrogen-bond donors (Lipinski definition) is 0. The summed E-state index contributed by atoms with van der Waals surface area (Å²) in [4.78, 5) is 17.8. The topological polar surface area (TPSA) is 32.7 Å². The molecule has 1 aromatic carbocycles. The first-order chi connectivity index (χ1) is 8.09. The minimum absolute atomic E-state index is 0.122. The maximum atomic E-state index is 11.9. The van der Waals surface area contributed by atoms with Gasteiger partial charge >= 0.3 is 0 Å². The van der Waals surface area contributed by atoms with Crippen molar-refractivity contribution in [3.05, 3.63) is 34.9 Å². The van der Waals surface area contributed by atoms with Gasteiger partial charge in [0.15, 0.2) is 0 Å². The van der Waals surface area contributed by atoms with Crippen LogP contribution in [0.5, 0.6) is 0 Å². The van der Waals surface area contributed by atoms with E-state index in [1.807, 2.05) is 12.1 Å². The van der Waals surface area contributed by atoms with Crippen LogP contribution in [0.2, 0.25) is 5.02 Å². The molecular weight excluding hydrogens is 259 g/mol. The van der Waals surface area contributed by atoms with Crippen LogP contribution < -0.4 is 0 Å². The van der Waals surface area contributed by atoms with E-state index in [4.69, 9.17) is 23.2 Å². The number of carbonyl (C=O) groups is 1. The molecule has 1 amide bonds. The Morgan fingerprint density at radius 3 is 2.94 bits per heavy atom. The Morgan fingerprint density at radius 1 is 1.53 bits per heavy atom. The second-order valence-corrected chi connectivity index (χ2v) is 4.91. The van der Waals surface area contributed by atoms with Gasteiger partial charge in [-0.25, -0.2) is 0 Å². The summed E-state index contributed by atoms with van der Waals surface area (Å²) in [6, 6.07) is 7.31. The SMILES string of the molecule is CC(Cl)C(=O)N1CCN=C1c1cccc(Cl)c1. The number of rotatable bonds is 2. The molecule has 0 aromatic heterocycles. The zero-order valence-corrected chi connectivity index (χ0v) is 10.9. The quantitative estimate of drug-likeness (QED) is 0.761. The fourth-order valence-electron chi connectivity index (χ4n) is 1.75. The van der Waals surface area contributed by atoms with Gasteiger partial charge in [0.1, 0.15) is 11.2 Å². The Labute approximate surface area is 110 Å². The molecule has 0 N–H and O–H groups in total. The summed E-state index contributed by atoms with van der Waals surface area (Å²) in [5.41, 5.74) is 0.848. The molecule has 0 fully saturated rings. The number of alkyl halides is 1. The van der Waals surface area contributed by atoms with Crippen LogP contribution in [0.3, 0.4) is 0 Å². The lowest BCUT2D eigenvalue weighted by atomic mass is 10.2. The van der Waals surface area contributed by atoms with E-state index in [2.05, 4.69) is 4.99 Å². The Balaban J connectivity index is 2.29. The first-order valence-corrected chi connectivity index (χ1v) is 6.17. The minimum Gasteiger partial charge on any atom is -0.293 e. The standard InChI is InChI=1S/C12H12Cl2N2O/c1-8(13)12(17)16-6-5-15-11(16)9-3-2-4-10(14)7-9/h2-4,7-8H,5-6H2,1H3. The molecule has 5 heteroatoms. The molecule has 0 spiro atoms.